The molecule has 0 aliphatic heterocycles. The van der Waals surface area contributed by atoms with Crippen LogP contribution in [0, 0.1) is 6.92 Å². The molecule has 5 aromatic rings. The summed E-state index contributed by atoms with van der Waals surface area (Å²) in [6.07, 6.45) is 5.47. The Morgan fingerprint density at radius 1 is 0.933 bits per heavy atom. The van der Waals surface area contributed by atoms with Crippen LogP contribution in [0.4, 0.5) is 0 Å². The van der Waals surface area contributed by atoms with Crippen molar-refractivity contribution in [2.45, 2.75) is 13.5 Å². The average molecular weight is 395 g/mol. The van der Waals surface area contributed by atoms with E-state index >= 15 is 0 Å². The highest BCUT2D eigenvalue weighted by Crippen LogP contribution is 2.26. The van der Waals surface area contributed by atoms with Gasteiger partial charge in [-0.3, -0.25) is 9.55 Å². The molecule has 0 aliphatic carbocycles. The smallest absolute Gasteiger partial charge is 0.147 e. The average Bonchev–Trinajstić information content (AvgIpc) is 3.33. The van der Waals surface area contributed by atoms with Crippen molar-refractivity contribution < 1.29 is 4.74 Å². The quantitative estimate of drug-likeness (QED) is 0.432. The molecule has 0 radical (unpaired) electrons. The Bertz CT molecular complexity index is 1300. The topological polar surface area (TPSA) is 57.8 Å². The third-order valence-electron chi connectivity index (χ3n) is 5.26. The maximum Gasteiger partial charge on any atom is 0.147 e. The third-order valence-corrected chi connectivity index (χ3v) is 5.26. The summed E-state index contributed by atoms with van der Waals surface area (Å²) in [6, 6.07) is 20.1. The van der Waals surface area contributed by atoms with Gasteiger partial charge in [0.25, 0.3) is 0 Å². The molecule has 0 spiro atoms. The number of rotatable bonds is 5. The van der Waals surface area contributed by atoms with Crippen molar-refractivity contribution in [3.63, 3.8) is 0 Å². The number of benzene rings is 2. The minimum atomic E-state index is 0.414. The molecule has 0 bridgehead atoms. The molecule has 148 valence electrons. The van der Waals surface area contributed by atoms with Gasteiger partial charge in [0.15, 0.2) is 0 Å². The van der Waals surface area contributed by atoms with Gasteiger partial charge in [0.05, 0.1) is 22.9 Å². The summed E-state index contributed by atoms with van der Waals surface area (Å²) >= 11 is 0. The van der Waals surface area contributed by atoms with Crippen LogP contribution >= 0.6 is 0 Å². The molecule has 3 heterocycles. The SMILES string of the molecule is Cc1ncc(-c2ccncc2)n1-c1ccc(OCc2nc3ccccc3n2C)cc1. The predicted octanol–water partition coefficient (Wildman–Crippen LogP) is 4.71. The molecule has 0 N–H and O–H groups in total. The number of hydrogen-bond acceptors (Lipinski definition) is 4. The van der Waals surface area contributed by atoms with Gasteiger partial charge in [0.2, 0.25) is 0 Å². The summed E-state index contributed by atoms with van der Waals surface area (Å²) in [4.78, 5) is 13.3. The molecule has 5 rings (SSSR count). The maximum atomic E-state index is 6.00. The number of aromatic nitrogens is 5. The van der Waals surface area contributed by atoms with Crippen molar-refractivity contribution in [2.75, 3.05) is 0 Å². The number of fused-ring (bicyclic) bond motifs is 1. The van der Waals surface area contributed by atoms with E-state index in [1.807, 2.05) is 74.8 Å². The van der Waals surface area contributed by atoms with Crippen molar-refractivity contribution in [1.82, 2.24) is 24.1 Å². The number of hydrogen-bond donors (Lipinski definition) is 0. The molecule has 0 saturated carbocycles. The molecule has 30 heavy (non-hydrogen) atoms. The van der Waals surface area contributed by atoms with Crippen molar-refractivity contribution >= 4 is 11.0 Å². The molecular formula is C24H21N5O. The van der Waals surface area contributed by atoms with Crippen LogP contribution in [-0.4, -0.2) is 24.1 Å². The number of pyridine rings is 1. The third kappa shape index (κ3) is 3.22. The van der Waals surface area contributed by atoms with Crippen LogP contribution in [0.5, 0.6) is 5.75 Å². The molecule has 0 atom stereocenters. The Morgan fingerprint density at radius 2 is 1.70 bits per heavy atom. The van der Waals surface area contributed by atoms with Crippen molar-refractivity contribution in [2.24, 2.45) is 7.05 Å². The van der Waals surface area contributed by atoms with Crippen molar-refractivity contribution in [3.8, 4) is 22.7 Å². The van der Waals surface area contributed by atoms with Crippen molar-refractivity contribution in [1.29, 1.82) is 0 Å². The minimum absolute atomic E-state index is 0.414. The summed E-state index contributed by atoms with van der Waals surface area (Å²) in [5.41, 5.74) is 5.22. The minimum Gasteiger partial charge on any atom is -0.486 e. The molecular weight excluding hydrogens is 374 g/mol. The molecule has 0 aliphatic rings. The van der Waals surface area contributed by atoms with Gasteiger partial charge in [0.1, 0.15) is 24.0 Å². The lowest BCUT2D eigenvalue weighted by atomic mass is 10.2. The largest absolute Gasteiger partial charge is 0.486 e. The Balaban J connectivity index is 1.38. The highest BCUT2D eigenvalue weighted by Gasteiger charge is 2.11. The molecule has 0 unspecified atom stereocenters. The van der Waals surface area contributed by atoms with E-state index in [0.29, 0.717) is 6.61 Å². The summed E-state index contributed by atoms with van der Waals surface area (Å²) in [7, 11) is 2.01. The van der Waals surface area contributed by atoms with Crippen molar-refractivity contribution in [3.05, 3.63) is 90.9 Å². The second kappa shape index (κ2) is 7.48. The van der Waals surface area contributed by atoms with Gasteiger partial charge in [-0.25, -0.2) is 9.97 Å². The maximum absolute atomic E-state index is 6.00. The van der Waals surface area contributed by atoms with E-state index in [2.05, 4.69) is 30.2 Å². The number of imidazole rings is 2. The number of aryl methyl sites for hydroxylation is 2. The second-order valence-electron chi connectivity index (χ2n) is 7.12. The van der Waals surface area contributed by atoms with Gasteiger partial charge < -0.3 is 9.30 Å². The zero-order valence-electron chi connectivity index (χ0n) is 16.9. The van der Waals surface area contributed by atoms with E-state index in [1.165, 1.54) is 0 Å². The molecule has 2 aromatic carbocycles. The summed E-state index contributed by atoms with van der Waals surface area (Å²) in [5.74, 6) is 2.62. The summed E-state index contributed by atoms with van der Waals surface area (Å²) in [5, 5.41) is 0. The van der Waals surface area contributed by atoms with Gasteiger partial charge in [0, 0.05) is 30.7 Å². The zero-order valence-corrected chi connectivity index (χ0v) is 16.9. The van der Waals surface area contributed by atoms with Gasteiger partial charge in [-0.15, -0.1) is 0 Å². The van der Waals surface area contributed by atoms with Crippen LogP contribution in [0.3, 0.4) is 0 Å². The van der Waals surface area contributed by atoms with E-state index in [1.54, 1.807) is 12.4 Å². The van der Waals surface area contributed by atoms with E-state index in [-0.39, 0.29) is 0 Å². The first-order valence-corrected chi connectivity index (χ1v) is 9.79. The van der Waals surface area contributed by atoms with E-state index in [9.17, 15) is 0 Å². The van der Waals surface area contributed by atoms with Gasteiger partial charge in [-0.1, -0.05) is 12.1 Å². The molecule has 6 nitrogen and oxygen atoms in total. The first-order chi connectivity index (χ1) is 14.7. The van der Waals surface area contributed by atoms with Crippen LogP contribution in [0.15, 0.2) is 79.3 Å². The van der Waals surface area contributed by atoms with E-state index < -0.39 is 0 Å². The molecule has 6 heteroatoms. The van der Waals surface area contributed by atoms with Gasteiger partial charge in [-0.05, 0) is 55.5 Å². The first-order valence-electron chi connectivity index (χ1n) is 9.79. The lowest BCUT2D eigenvalue weighted by Crippen LogP contribution is -2.04. The summed E-state index contributed by atoms with van der Waals surface area (Å²) < 4.78 is 10.2. The monoisotopic (exact) mass is 395 g/mol. The molecule has 3 aromatic heterocycles. The Hall–Kier alpha value is -3.93. The zero-order chi connectivity index (χ0) is 20.5. The predicted molar refractivity (Wildman–Crippen MR) is 117 cm³/mol. The number of nitrogens with zero attached hydrogens (tertiary/aromatic N) is 5. The van der Waals surface area contributed by atoms with Crippen LogP contribution < -0.4 is 4.74 Å². The number of para-hydroxylation sites is 2. The van der Waals surface area contributed by atoms with E-state index in [4.69, 9.17) is 4.74 Å². The Labute approximate surface area is 174 Å². The van der Waals surface area contributed by atoms with E-state index in [0.717, 1.165) is 45.4 Å². The Morgan fingerprint density at radius 3 is 2.47 bits per heavy atom. The van der Waals surface area contributed by atoms with Gasteiger partial charge in [-0.2, -0.15) is 0 Å². The molecule has 0 fully saturated rings. The van der Waals surface area contributed by atoms with Crippen LogP contribution in [0.1, 0.15) is 11.6 Å². The normalized spacial score (nSPS) is 11.1. The standard InChI is InChI=1S/C24H21N5O/c1-17-26-15-23(18-11-13-25-14-12-18)29(17)19-7-9-20(10-8-19)30-16-24-27-21-5-3-4-6-22(21)28(24)2/h3-15H,16H2,1-2H3. The fourth-order valence-corrected chi connectivity index (χ4v) is 3.66. The summed E-state index contributed by atoms with van der Waals surface area (Å²) in [6.45, 7) is 2.41. The van der Waals surface area contributed by atoms with Crippen LogP contribution in [-0.2, 0) is 13.7 Å². The fourth-order valence-electron chi connectivity index (χ4n) is 3.66. The molecule has 0 saturated heterocycles. The highest BCUT2D eigenvalue weighted by atomic mass is 16.5. The fraction of sp³-hybridized carbons (Fsp3) is 0.125. The second-order valence-corrected chi connectivity index (χ2v) is 7.12. The van der Waals surface area contributed by atoms with Crippen LogP contribution in [0.25, 0.3) is 28.0 Å². The lowest BCUT2D eigenvalue weighted by molar-refractivity contribution is 0.292. The highest BCUT2D eigenvalue weighted by molar-refractivity contribution is 5.75. The molecule has 0 amide bonds. The van der Waals surface area contributed by atoms with Crippen LogP contribution in [0.2, 0.25) is 0 Å². The Kier molecular flexibility index (Phi) is 4.52. The first kappa shape index (κ1) is 18.1. The lowest BCUT2D eigenvalue weighted by Gasteiger charge is -2.12. The van der Waals surface area contributed by atoms with Gasteiger partial charge >= 0.3 is 0 Å². The number of ether oxygens (including phenoxy) is 1.